The van der Waals surface area contributed by atoms with Crippen LogP contribution in [0.4, 0.5) is 15.8 Å². The van der Waals surface area contributed by atoms with Gasteiger partial charge in [-0.1, -0.05) is 6.92 Å². The second kappa shape index (κ2) is 3.31. The van der Waals surface area contributed by atoms with Crippen LogP contribution in [0, 0.1) is 5.82 Å². The van der Waals surface area contributed by atoms with E-state index < -0.39 is 0 Å². The second-order valence-electron chi connectivity index (χ2n) is 2.51. The fourth-order valence-corrected chi connectivity index (χ4v) is 1.55. The molecule has 0 bridgehead atoms. The second-order valence-corrected chi connectivity index (χ2v) is 3.36. The lowest BCUT2D eigenvalue weighted by Crippen LogP contribution is -2.02. The van der Waals surface area contributed by atoms with Gasteiger partial charge in [0.15, 0.2) is 0 Å². The van der Waals surface area contributed by atoms with Crippen molar-refractivity contribution < 1.29 is 4.39 Å². The molecule has 66 valence electrons. The summed E-state index contributed by atoms with van der Waals surface area (Å²) in [7, 11) is 0. The van der Waals surface area contributed by atoms with E-state index in [9.17, 15) is 4.39 Å². The minimum atomic E-state index is -0.316. The standard InChI is InChI=1S/C8H10BrFN2/c1-2-4-7(10)5(9)3-6(11)8(4)12/h3H,2,11-12H2,1H3. The van der Waals surface area contributed by atoms with E-state index in [0.29, 0.717) is 27.8 Å². The zero-order valence-corrected chi connectivity index (χ0v) is 8.28. The van der Waals surface area contributed by atoms with E-state index in [-0.39, 0.29) is 5.82 Å². The van der Waals surface area contributed by atoms with Crippen LogP contribution >= 0.6 is 15.9 Å². The molecule has 0 unspecified atom stereocenters. The molecule has 0 aliphatic carbocycles. The number of benzene rings is 1. The van der Waals surface area contributed by atoms with Crippen LogP contribution in [-0.4, -0.2) is 0 Å². The van der Waals surface area contributed by atoms with E-state index in [1.165, 1.54) is 6.07 Å². The van der Waals surface area contributed by atoms with Crippen LogP contribution in [0.3, 0.4) is 0 Å². The monoisotopic (exact) mass is 232 g/mol. The molecule has 0 aliphatic rings. The molecule has 0 heterocycles. The maximum absolute atomic E-state index is 13.3. The van der Waals surface area contributed by atoms with Gasteiger partial charge < -0.3 is 11.5 Å². The highest BCUT2D eigenvalue weighted by atomic mass is 79.9. The van der Waals surface area contributed by atoms with Crippen molar-refractivity contribution >= 4 is 27.3 Å². The minimum Gasteiger partial charge on any atom is -0.397 e. The van der Waals surface area contributed by atoms with Crippen LogP contribution in [0.25, 0.3) is 0 Å². The molecule has 0 amide bonds. The highest BCUT2D eigenvalue weighted by Crippen LogP contribution is 2.29. The zero-order valence-electron chi connectivity index (χ0n) is 6.70. The third kappa shape index (κ3) is 1.39. The number of hydrogen-bond acceptors (Lipinski definition) is 2. The van der Waals surface area contributed by atoms with Crippen molar-refractivity contribution in [3.05, 3.63) is 21.9 Å². The summed E-state index contributed by atoms with van der Waals surface area (Å²) in [6, 6.07) is 1.48. The van der Waals surface area contributed by atoms with Gasteiger partial charge in [-0.2, -0.15) is 0 Å². The van der Waals surface area contributed by atoms with E-state index in [1.807, 2.05) is 6.92 Å². The van der Waals surface area contributed by atoms with Crippen molar-refractivity contribution in [3.63, 3.8) is 0 Å². The summed E-state index contributed by atoms with van der Waals surface area (Å²) >= 11 is 3.06. The summed E-state index contributed by atoms with van der Waals surface area (Å²) in [6.07, 6.45) is 0.543. The first-order valence-electron chi connectivity index (χ1n) is 3.59. The number of nitrogen functional groups attached to an aromatic ring is 2. The average molecular weight is 233 g/mol. The van der Waals surface area contributed by atoms with Crippen molar-refractivity contribution in [1.82, 2.24) is 0 Å². The van der Waals surface area contributed by atoms with Crippen LogP contribution in [0.15, 0.2) is 10.5 Å². The lowest BCUT2D eigenvalue weighted by Gasteiger charge is -2.08. The van der Waals surface area contributed by atoms with Crippen LogP contribution in [0.1, 0.15) is 12.5 Å². The number of rotatable bonds is 1. The van der Waals surface area contributed by atoms with Crippen molar-refractivity contribution in [2.24, 2.45) is 0 Å². The fraction of sp³-hybridized carbons (Fsp3) is 0.250. The molecular weight excluding hydrogens is 223 g/mol. The topological polar surface area (TPSA) is 52.0 Å². The first-order chi connectivity index (χ1) is 5.57. The van der Waals surface area contributed by atoms with Crippen LogP contribution < -0.4 is 11.5 Å². The molecule has 1 aromatic carbocycles. The van der Waals surface area contributed by atoms with Crippen LogP contribution in [0.5, 0.6) is 0 Å². The molecule has 4 N–H and O–H groups in total. The SMILES string of the molecule is CCc1c(N)c(N)cc(Br)c1F. The number of halogens is 2. The Morgan fingerprint density at radius 2 is 2.08 bits per heavy atom. The summed E-state index contributed by atoms with van der Waals surface area (Å²) < 4.78 is 13.6. The summed E-state index contributed by atoms with van der Waals surface area (Å²) in [4.78, 5) is 0. The van der Waals surface area contributed by atoms with E-state index in [2.05, 4.69) is 15.9 Å². The Bertz CT molecular complexity index is 286. The van der Waals surface area contributed by atoms with Crippen LogP contribution in [0.2, 0.25) is 0 Å². The van der Waals surface area contributed by atoms with Gasteiger partial charge in [0.05, 0.1) is 15.8 Å². The van der Waals surface area contributed by atoms with E-state index >= 15 is 0 Å². The Morgan fingerprint density at radius 1 is 1.50 bits per heavy atom. The first kappa shape index (κ1) is 9.32. The molecule has 0 radical (unpaired) electrons. The molecule has 4 heteroatoms. The zero-order chi connectivity index (χ0) is 9.30. The van der Waals surface area contributed by atoms with Gasteiger partial charge in [0.2, 0.25) is 0 Å². The van der Waals surface area contributed by atoms with Gasteiger partial charge in [0, 0.05) is 5.56 Å². The Kier molecular flexibility index (Phi) is 2.57. The molecule has 0 spiro atoms. The van der Waals surface area contributed by atoms with E-state index in [0.717, 1.165) is 0 Å². The van der Waals surface area contributed by atoms with Crippen molar-refractivity contribution in [2.75, 3.05) is 11.5 Å². The fourth-order valence-electron chi connectivity index (χ4n) is 1.06. The van der Waals surface area contributed by atoms with Crippen molar-refractivity contribution in [1.29, 1.82) is 0 Å². The molecular formula is C8H10BrFN2. The van der Waals surface area contributed by atoms with Gasteiger partial charge in [-0.3, -0.25) is 0 Å². The Morgan fingerprint density at radius 3 is 2.58 bits per heavy atom. The summed E-state index contributed by atoms with van der Waals surface area (Å²) in [5, 5.41) is 0. The number of hydrogen-bond donors (Lipinski definition) is 2. The number of anilines is 2. The van der Waals surface area contributed by atoms with Gasteiger partial charge in [-0.15, -0.1) is 0 Å². The van der Waals surface area contributed by atoms with Gasteiger partial charge in [-0.05, 0) is 28.4 Å². The molecule has 0 aromatic heterocycles. The quantitative estimate of drug-likeness (QED) is 0.731. The summed E-state index contributed by atoms with van der Waals surface area (Å²) in [6.45, 7) is 1.83. The molecule has 0 fully saturated rings. The molecule has 1 aromatic rings. The summed E-state index contributed by atoms with van der Waals surface area (Å²) in [5.41, 5.74) is 12.4. The van der Waals surface area contributed by atoms with Gasteiger partial charge in [0.25, 0.3) is 0 Å². The number of nitrogens with two attached hydrogens (primary N) is 2. The van der Waals surface area contributed by atoms with Gasteiger partial charge in [0.1, 0.15) is 5.82 Å². The lowest BCUT2D eigenvalue weighted by atomic mass is 10.1. The molecule has 12 heavy (non-hydrogen) atoms. The van der Waals surface area contributed by atoms with E-state index in [4.69, 9.17) is 11.5 Å². The lowest BCUT2D eigenvalue weighted by molar-refractivity contribution is 0.607. The average Bonchev–Trinajstić information content (AvgIpc) is 2.02. The third-order valence-corrected chi connectivity index (χ3v) is 2.32. The Labute approximate surface area is 78.9 Å². The van der Waals surface area contributed by atoms with Gasteiger partial charge >= 0.3 is 0 Å². The molecule has 0 aliphatic heterocycles. The molecule has 0 saturated heterocycles. The maximum Gasteiger partial charge on any atom is 0.142 e. The normalized spacial score (nSPS) is 10.2. The predicted octanol–water partition coefficient (Wildman–Crippen LogP) is 2.32. The van der Waals surface area contributed by atoms with Crippen molar-refractivity contribution in [2.45, 2.75) is 13.3 Å². The highest BCUT2D eigenvalue weighted by Gasteiger charge is 2.11. The van der Waals surface area contributed by atoms with Crippen molar-refractivity contribution in [3.8, 4) is 0 Å². The molecule has 1 rings (SSSR count). The highest BCUT2D eigenvalue weighted by molar-refractivity contribution is 9.10. The third-order valence-electron chi connectivity index (χ3n) is 1.75. The van der Waals surface area contributed by atoms with Gasteiger partial charge in [-0.25, -0.2) is 4.39 Å². The minimum absolute atomic E-state index is 0.316. The Hall–Kier alpha value is -0.770. The smallest absolute Gasteiger partial charge is 0.142 e. The Balaban J connectivity index is 3.42. The molecule has 0 saturated carbocycles. The van der Waals surface area contributed by atoms with Crippen LogP contribution in [-0.2, 0) is 6.42 Å². The molecule has 0 atom stereocenters. The summed E-state index contributed by atoms with van der Waals surface area (Å²) in [5.74, 6) is -0.316. The largest absolute Gasteiger partial charge is 0.397 e. The molecule has 2 nitrogen and oxygen atoms in total. The first-order valence-corrected chi connectivity index (χ1v) is 4.39. The maximum atomic E-state index is 13.3. The predicted molar refractivity (Wildman–Crippen MR) is 52.3 cm³/mol. The van der Waals surface area contributed by atoms with E-state index in [1.54, 1.807) is 0 Å².